The van der Waals surface area contributed by atoms with Crippen molar-refractivity contribution in [2.75, 3.05) is 18.1 Å². The molecule has 122 valence electrons. The second-order valence-electron chi connectivity index (χ2n) is 4.70. The third-order valence-corrected chi connectivity index (χ3v) is 5.70. The van der Waals surface area contributed by atoms with Gasteiger partial charge in [0.15, 0.2) is 0 Å². The summed E-state index contributed by atoms with van der Waals surface area (Å²) in [5.41, 5.74) is 0.951. The molecule has 0 radical (unpaired) electrons. The number of thioether (sulfide) groups is 2. The van der Waals surface area contributed by atoms with E-state index in [1.165, 1.54) is 11.8 Å². The minimum atomic E-state index is 0.0511. The molecule has 0 spiro atoms. The molecule has 0 aliphatic carbocycles. The van der Waals surface area contributed by atoms with Crippen molar-refractivity contribution in [1.82, 2.24) is 5.32 Å². The van der Waals surface area contributed by atoms with Crippen molar-refractivity contribution in [2.24, 2.45) is 0 Å². The summed E-state index contributed by atoms with van der Waals surface area (Å²) in [4.78, 5) is 12.9. The van der Waals surface area contributed by atoms with E-state index in [4.69, 9.17) is 23.2 Å². The van der Waals surface area contributed by atoms with Gasteiger partial charge in [-0.25, -0.2) is 0 Å². The first-order valence-electron chi connectivity index (χ1n) is 7.12. The van der Waals surface area contributed by atoms with Gasteiger partial charge in [-0.05, 0) is 29.8 Å². The van der Waals surface area contributed by atoms with Crippen LogP contribution >= 0.6 is 46.7 Å². The van der Waals surface area contributed by atoms with E-state index in [2.05, 4.69) is 5.32 Å². The van der Waals surface area contributed by atoms with Gasteiger partial charge in [0.1, 0.15) is 0 Å². The lowest BCUT2D eigenvalue weighted by molar-refractivity contribution is -0.118. The van der Waals surface area contributed by atoms with Crippen LogP contribution in [0.15, 0.2) is 53.4 Å². The maximum absolute atomic E-state index is 11.8. The minimum Gasteiger partial charge on any atom is -0.355 e. The zero-order chi connectivity index (χ0) is 16.5. The van der Waals surface area contributed by atoms with Crippen molar-refractivity contribution in [3.8, 4) is 0 Å². The SMILES string of the molecule is O=C(CSc1ccccc1)NCCSCc1c(Cl)cccc1Cl. The first kappa shape index (κ1) is 18.5. The average Bonchev–Trinajstić information content (AvgIpc) is 2.56. The number of hydrogen-bond donors (Lipinski definition) is 1. The standard InChI is InChI=1S/C17H17Cl2NOS2/c18-15-7-4-8-16(19)14(15)11-22-10-9-20-17(21)12-23-13-5-2-1-3-6-13/h1-8H,9-12H2,(H,20,21). The predicted molar refractivity (Wildman–Crippen MR) is 103 cm³/mol. The van der Waals surface area contributed by atoms with E-state index in [-0.39, 0.29) is 5.91 Å². The van der Waals surface area contributed by atoms with Crippen molar-refractivity contribution in [3.05, 3.63) is 64.1 Å². The lowest BCUT2D eigenvalue weighted by Crippen LogP contribution is -2.27. The lowest BCUT2D eigenvalue weighted by Gasteiger charge is -2.08. The Morgan fingerprint density at radius 3 is 2.39 bits per heavy atom. The van der Waals surface area contributed by atoms with Crippen LogP contribution < -0.4 is 5.32 Å². The molecule has 2 rings (SSSR count). The van der Waals surface area contributed by atoms with Gasteiger partial charge in [-0.2, -0.15) is 11.8 Å². The smallest absolute Gasteiger partial charge is 0.230 e. The van der Waals surface area contributed by atoms with E-state index in [9.17, 15) is 4.79 Å². The summed E-state index contributed by atoms with van der Waals surface area (Å²) >= 11 is 15.5. The van der Waals surface area contributed by atoms with Gasteiger partial charge in [-0.3, -0.25) is 4.79 Å². The lowest BCUT2D eigenvalue weighted by atomic mass is 10.2. The predicted octanol–water partition coefficient (Wildman–Crippen LogP) is 5.14. The van der Waals surface area contributed by atoms with Crippen molar-refractivity contribution in [1.29, 1.82) is 0 Å². The van der Waals surface area contributed by atoms with Gasteiger partial charge in [-0.1, -0.05) is 47.5 Å². The molecule has 1 amide bonds. The van der Waals surface area contributed by atoms with Crippen LogP contribution in [0.25, 0.3) is 0 Å². The van der Waals surface area contributed by atoms with E-state index in [1.54, 1.807) is 11.8 Å². The highest BCUT2D eigenvalue weighted by Gasteiger charge is 2.06. The first-order chi connectivity index (χ1) is 11.2. The van der Waals surface area contributed by atoms with Crippen LogP contribution in [-0.4, -0.2) is 24.0 Å². The third kappa shape index (κ3) is 6.68. The molecule has 0 heterocycles. The van der Waals surface area contributed by atoms with Gasteiger partial charge in [0.05, 0.1) is 5.75 Å². The number of carbonyl (C=O) groups excluding carboxylic acids is 1. The molecular weight excluding hydrogens is 369 g/mol. The van der Waals surface area contributed by atoms with Gasteiger partial charge in [0, 0.05) is 33.0 Å². The Morgan fingerprint density at radius 1 is 1.00 bits per heavy atom. The molecule has 0 saturated heterocycles. The van der Waals surface area contributed by atoms with Crippen LogP contribution in [0, 0.1) is 0 Å². The highest BCUT2D eigenvalue weighted by molar-refractivity contribution is 8.00. The van der Waals surface area contributed by atoms with E-state index >= 15 is 0 Å². The summed E-state index contributed by atoms with van der Waals surface area (Å²) in [6.45, 7) is 0.640. The van der Waals surface area contributed by atoms with Gasteiger partial charge >= 0.3 is 0 Å². The molecule has 2 aromatic rings. The van der Waals surface area contributed by atoms with Gasteiger partial charge in [-0.15, -0.1) is 11.8 Å². The number of benzene rings is 2. The number of halogens is 2. The molecule has 6 heteroatoms. The van der Waals surface area contributed by atoms with Crippen molar-refractivity contribution in [3.63, 3.8) is 0 Å². The van der Waals surface area contributed by atoms with E-state index in [1.807, 2.05) is 48.5 Å². The molecule has 2 nitrogen and oxygen atoms in total. The van der Waals surface area contributed by atoms with Crippen LogP contribution in [-0.2, 0) is 10.5 Å². The summed E-state index contributed by atoms with van der Waals surface area (Å²) in [5.74, 6) is 2.05. The second kappa shape index (κ2) is 10.1. The summed E-state index contributed by atoms with van der Waals surface area (Å²) in [5, 5.41) is 4.30. The number of amides is 1. The van der Waals surface area contributed by atoms with Gasteiger partial charge < -0.3 is 5.32 Å². The highest BCUT2D eigenvalue weighted by Crippen LogP contribution is 2.27. The van der Waals surface area contributed by atoms with E-state index < -0.39 is 0 Å². The monoisotopic (exact) mass is 385 g/mol. The van der Waals surface area contributed by atoms with Crippen LogP contribution in [0.2, 0.25) is 10.0 Å². The topological polar surface area (TPSA) is 29.1 Å². The van der Waals surface area contributed by atoms with Crippen LogP contribution in [0.3, 0.4) is 0 Å². The molecule has 0 aliphatic rings. The molecule has 0 atom stereocenters. The Labute approximate surface area is 155 Å². The Hall–Kier alpha value is -0.810. The van der Waals surface area contributed by atoms with Crippen molar-refractivity contribution >= 4 is 52.6 Å². The largest absolute Gasteiger partial charge is 0.355 e. The maximum atomic E-state index is 11.8. The summed E-state index contributed by atoms with van der Waals surface area (Å²) in [7, 11) is 0. The van der Waals surface area contributed by atoms with E-state index in [0.717, 1.165) is 22.0 Å². The van der Waals surface area contributed by atoms with Crippen molar-refractivity contribution in [2.45, 2.75) is 10.6 Å². The molecule has 0 fully saturated rings. The van der Waals surface area contributed by atoms with Gasteiger partial charge in [0.2, 0.25) is 5.91 Å². The third-order valence-electron chi connectivity index (χ3n) is 2.99. The Bertz CT molecular complexity index is 617. The van der Waals surface area contributed by atoms with Gasteiger partial charge in [0.25, 0.3) is 0 Å². The minimum absolute atomic E-state index is 0.0511. The number of nitrogens with one attached hydrogen (secondary N) is 1. The Balaban J connectivity index is 1.61. The van der Waals surface area contributed by atoms with Crippen LogP contribution in [0.4, 0.5) is 0 Å². The average molecular weight is 386 g/mol. The zero-order valence-electron chi connectivity index (χ0n) is 12.4. The molecule has 2 aromatic carbocycles. The molecule has 0 aromatic heterocycles. The molecule has 0 saturated carbocycles. The number of hydrogen-bond acceptors (Lipinski definition) is 3. The highest BCUT2D eigenvalue weighted by atomic mass is 35.5. The fourth-order valence-electron chi connectivity index (χ4n) is 1.82. The molecular formula is C17H17Cl2NOS2. The zero-order valence-corrected chi connectivity index (χ0v) is 15.6. The summed E-state index contributed by atoms with van der Waals surface area (Å²) < 4.78 is 0. The molecule has 0 aliphatic heterocycles. The molecule has 0 unspecified atom stereocenters. The second-order valence-corrected chi connectivity index (χ2v) is 7.67. The Morgan fingerprint density at radius 2 is 1.70 bits per heavy atom. The first-order valence-corrected chi connectivity index (χ1v) is 10.0. The number of carbonyl (C=O) groups is 1. The van der Waals surface area contributed by atoms with Crippen LogP contribution in [0.1, 0.15) is 5.56 Å². The van der Waals surface area contributed by atoms with Crippen molar-refractivity contribution < 1.29 is 4.79 Å². The van der Waals surface area contributed by atoms with Crippen LogP contribution in [0.5, 0.6) is 0 Å². The van der Waals surface area contributed by atoms with E-state index in [0.29, 0.717) is 22.3 Å². The fraction of sp³-hybridized carbons (Fsp3) is 0.235. The summed E-state index contributed by atoms with van der Waals surface area (Å²) in [6.07, 6.45) is 0. The normalized spacial score (nSPS) is 10.5. The molecule has 0 bridgehead atoms. The molecule has 1 N–H and O–H groups in total. The number of rotatable bonds is 8. The quantitative estimate of drug-likeness (QED) is 0.503. The fourth-order valence-corrected chi connectivity index (χ4v) is 4.17. The summed E-state index contributed by atoms with van der Waals surface area (Å²) in [6, 6.07) is 15.4. The maximum Gasteiger partial charge on any atom is 0.230 e. The Kier molecular flexibility index (Phi) is 8.17. The molecule has 23 heavy (non-hydrogen) atoms.